The average molecular weight is 359 g/mol. The maximum Gasteiger partial charge on any atom is 0.203 e. The molecular formula is C20H25NO5. The summed E-state index contributed by atoms with van der Waals surface area (Å²) in [5, 5.41) is 23.4. The summed E-state index contributed by atoms with van der Waals surface area (Å²) in [4.78, 5) is 0. The number of phenols is 2. The minimum Gasteiger partial charge on any atom is -0.504 e. The van der Waals surface area contributed by atoms with Crippen molar-refractivity contribution in [3.63, 3.8) is 0 Å². The number of phenolic OH excluding ortho intramolecular Hbond substituents is 2. The topological polar surface area (TPSA) is 80.2 Å². The first-order valence-corrected chi connectivity index (χ1v) is 8.56. The van der Waals surface area contributed by atoms with Crippen LogP contribution in [0.3, 0.4) is 0 Å². The highest BCUT2D eigenvalue weighted by Gasteiger charge is 2.33. The fourth-order valence-corrected chi connectivity index (χ4v) is 3.91. The van der Waals surface area contributed by atoms with Crippen molar-refractivity contribution in [2.45, 2.75) is 24.8 Å². The number of hydrogen-bond acceptors (Lipinski definition) is 6. The van der Waals surface area contributed by atoms with Crippen molar-refractivity contribution in [2.24, 2.45) is 0 Å². The molecule has 0 bridgehead atoms. The summed E-state index contributed by atoms with van der Waals surface area (Å²) >= 11 is 0. The fourth-order valence-electron chi connectivity index (χ4n) is 3.91. The van der Waals surface area contributed by atoms with Gasteiger partial charge in [-0.25, -0.2) is 0 Å². The van der Waals surface area contributed by atoms with Crippen molar-refractivity contribution in [1.29, 1.82) is 0 Å². The van der Waals surface area contributed by atoms with E-state index in [2.05, 4.69) is 5.32 Å². The molecule has 2 aromatic rings. The molecule has 6 nitrogen and oxygen atoms in total. The van der Waals surface area contributed by atoms with Crippen LogP contribution in [0.2, 0.25) is 0 Å². The zero-order chi connectivity index (χ0) is 18.8. The van der Waals surface area contributed by atoms with Crippen molar-refractivity contribution >= 4 is 0 Å². The minimum absolute atomic E-state index is 0.00643. The Morgan fingerprint density at radius 2 is 1.65 bits per heavy atom. The van der Waals surface area contributed by atoms with Gasteiger partial charge in [0.1, 0.15) is 0 Å². The standard InChI is InChI=1S/C20H25NO5/c1-21-18-12(5-6-14-13(18)7-8-15(22)19(14)23)11-9-16(24-2)20(26-4)17(10-11)25-3/h7-10,12,18,21-23H,5-6H2,1-4H3/t12-,18-/m0/s1. The van der Waals surface area contributed by atoms with Crippen LogP contribution in [0.5, 0.6) is 28.7 Å². The van der Waals surface area contributed by atoms with Gasteiger partial charge in [0.25, 0.3) is 0 Å². The van der Waals surface area contributed by atoms with Gasteiger partial charge in [-0.1, -0.05) is 6.07 Å². The van der Waals surface area contributed by atoms with Crippen molar-refractivity contribution in [1.82, 2.24) is 5.32 Å². The number of methoxy groups -OCH3 is 3. The van der Waals surface area contributed by atoms with Gasteiger partial charge in [0, 0.05) is 17.5 Å². The number of hydrogen-bond donors (Lipinski definition) is 3. The van der Waals surface area contributed by atoms with Gasteiger partial charge >= 0.3 is 0 Å². The van der Waals surface area contributed by atoms with E-state index in [1.807, 2.05) is 25.2 Å². The summed E-state index contributed by atoms with van der Waals surface area (Å²) < 4.78 is 16.4. The maximum atomic E-state index is 10.2. The normalized spacial score (nSPS) is 18.9. The molecule has 1 aliphatic rings. The molecule has 0 amide bonds. The van der Waals surface area contributed by atoms with Gasteiger partial charge in [-0.05, 0) is 49.2 Å². The SMILES string of the molecule is CN[C@@H]1c2ccc(O)c(O)c2CC[C@H]1c1cc(OC)c(OC)c(OC)c1. The first kappa shape index (κ1) is 18.2. The summed E-state index contributed by atoms with van der Waals surface area (Å²) in [5.74, 6) is 1.87. The molecule has 0 aromatic heterocycles. The van der Waals surface area contributed by atoms with E-state index in [0.717, 1.165) is 23.1 Å². The molecule has 26 heavy (non-hydrogen) atoms. The Kier molecular flexibility index (Phi) is 5.13. The zero-order valence-electron chi connectivity index (χ0n) is 15.5. The van der Waals surface area contributed by atoms with E-state index in [4.69, 9.17) is 14.2 Å². The van der Waals surface area contributed by atoms with E-state index in [1.54, 1.807) is 21.3 Å². The van der Waals surface area contributed by atoms with E-state index < -0.39 is 0 Å². The molecule has 0 spiro atoms. The van der Waals surface area contributed by atoms with E-state index in [-0.39, 0.29) is 23.5 Å². The van der Waals surface area contributed by atoms with E-state index >= 15 is 0 Å². The minimum atomic E-state index is -0.0789. The Balaban J connectivity index is 2.08. The van der Waals surface area contributed by atoms with Crippen molar-refractivity contribution in [3.05, 3.63) is 41.0 Å². The molecule has 2 aromatic carbocycles. The lowest BCUT2D eigenvalue weighted by molar-refractivity contribution is 0.321. The van der Waals surface area contributed by atoms with E-state index in [0.29, 0.717) is 23.7 Å². The third kappa shape index (κ3) is 2.90. The molecule has 1 aliphatic carbocycles. The number of nitrogens with one attached hydrogen (secondary N) is 1. The molecule has 0 fully saturated rings. The largest absolute Gasteiger partial charge is 0.504 e. The molecule has 0 radical (unpaired) electrons. The van der Waals surface area contributed by atoms with Crippen LogP contribution in [0.4, 0.5) is 0 Å². The smallest absolute Gasteiger partial charge is 0.203 e. The second-order valence-electron chi connectivity index (χ2n) is 6.37. The quantitative estimate of drug-likeness (QED) is 0.712. The highest BCUT2D eigenvalue weighted by Crippen LogP contribution is 2.48. The Hall–Kier alpha value is -2.60. The Labute approximate surface area is 153 Å². The lowest BCUT2D eigenvalue weighted by Gasteiger charge is -2.34. The van der Waals surface area contributed by atoms with Gasteiger partial charge in [-0.15, -0.1) is 0 Å². The van der Waals surface area contributed by atoms with Gasteiger partial charge in [-0.3, -0.25) is 0 Å². The summed E-state index contributed by atoms with van der Waals surface area (Å²) in [6, 6.07) is 7.35. The Morgan fingerprint density at radius 3 is 2.19 bits per heavy atom. The molecule has 0 saturated carbocycles. The summed E-state index contributed by atoms with van der Waals surface area (Å²) in [7, 11) is 6.69. The van der Waals surface area contributed by atoms with Gasteiger partial charge in [0.15, 0.2) is 23.0 Å². The highest BCUT2D eigenvalue weighted by atomic mass is 16.5. The number of ether oxygens (including phenoxy) is 3. The second-order valence-corrected chi connectivity index (χ2v) is 6.37. The fraction of sp³-hybridized carbons (Fsp3) is 0.400. The molecule has 0 aliphatic heterocycles. The molecule has 140 valence electrons. The summed E-state index contributed by atoms with van der Waals surface area (Å²) in [5.41, 5.74) is 2.86. The number of fused-ring (bicyclic) bond motifs is 1. The van der Waals surface area contributed by atoms with Crippen LogP contribution < -0.4 is 19.5 Å². The monoisotopic (exact) mass is 359 g/mol. The van der Waals surface area contributed by atoms with E-state index in [9.17, 15) is 10.2 Å². The van der Waals surface area contributed by atoms with Gasteiger partial charge in [-0.2, -0.15) is 0 Å². The molecule has 3 N–H and O–H groups in total. The lowest BCUT2D eigenvalue weighted by Crippen LogP contribution is -2.29. The number of aromatic hydroxyl groups is 2. The predicted octanol–water partition coefficient (Wildman–Crippen LogP) is 3.11. The van der Waals surface area contributed by atoms with Crippen LogP contribution in [0.1, 0.15) is 35.1 Å². The van der Waals surface area contributed by atoms with Crippen molar-refractivity contribution < 1.29 is 24.4 Å². The molecule has 2 atom stereocenters. The molecule has 0 unspecified atom stereocenters. The number of likely N-dealkylation sites (N-methyl/N-ethyl adjacent to an activating group) is 1. The molecule has 3 rings (SSSR count). The van der Waals surface area contributed by atoms with Gasteiger partial charge in [0.2, 0.25) is 5.75 Å². The van der Waals surface area contributed by atoms with Crippen LogP contribution in [-0.2, 0) is 6.42 Å². The average Bonchev–Trinajstić information content (AvgIpc) is 2.68. The highest BCUT2D eigenvalue weighted by molar-refractivity contribution is 5.56. The third-order valence-corrected chi connectivity index (χ3v) is 5.17. The second kappa shape index (κ2) is 7.33. The molecule has 0 saturated heterocycles. The summed E-state index contributed by atoms with van der Waals surface area (Å²) in [6.07, 6.45) is 1.49. The Bertz CT molecular complexity index is 780. The predicted molar refractivity (Wildman–Crippen MR) is 98.7 cm³/mol. The number of benzene rings is 2. The van der Waals surface area contributed by atoms with Gasteiger partial charge < -0.3 is 29.7 Å². The first-order valence-electron chi connectivity index (χ1n) is 8.56. The van der Waals surface area contributed by atoms with Crippen LogP contribution in [0.25, 0.3) is 0 Å². The van der Waals surface area contributed by atoms with Crippen LogP contribution in [0, 0.1) is 0 Å². The van der Waals surface area contributed by atoms with E-state index in [1.165, 1.54) is 6.07 Å². The van der Waals surface area contributed by atoms with Crippen LogP contribution >= 0.6 is 0 Å². The molecule has 0 heterocycles. The Morgan fingerprint density at radius 1 is 1.00 bits per heavy atom. The number of rotatable bonds is 5. The lowest BCUT2D eigenvalue weighted by atomic mass is 9.76. The zero-order valence-corrected chi connectivity index (χ0v) is 15.5. The first-order chi connectivity index (χ1) is 12.5. The van der Waals surface area contributed by atoms with Crippen molar-refractivity contribution in [2.75, 3.05) is 28.4 Å². The van der Waals surface area contributed by atoms with Crippen molar-refractivity contribution in [3.8, 4) is 28.7 Å². The van der Waals surface area contributed by atoms with Crippen LogP contribution in [-0.4, -0.2) is 38.6 Å². The maximum absolute atomic E-state index is 10.2. The molecule has 6 heteroatoms. The van der Waals surface area contributed by atoms with Crippen LogP contribution in [0.15, 0.2) is 24.3 Å². The van der Waals surface area contributed by atoms with Gasteiger partial charge in [0.05, 0.1) is 21.3 Å². The molecular weight excluding hydrogens is 334 g/mol. The third-order valence-electron chi connectivity index (χ3n) is 5.17. The summed E-state index contributed by atoms with van der Waals surface area (Å²) in [6.45, 7) is 0.